The molecule has 1 atom stereocenters. The Morgan fingerprint density at radius 2 is 1.50 bits per heavy atom. The molecule has 1 unspecified atom stereocenters. The van der Waals surface area contributed by atoms with Crippen molar-refractivity contribution >= 4 is 20.9 Å². The maximum absolute atomic E-state index is 13.6. The second kappa shape index (κ2) is 7.42. The van der Waals surface area contributed by atoms with Gasteiger partial charge in [-0.3, -0.25) is 4.90 Å². The number of benzene rings is 3. The molecule has 2 heterocycles. The average Bonchev–Trinajstić information content (AvgIpc) is 3.09. The lowest BCUT2D eigenvalue weighted by molar-refractivity contribution is 0.175. The van der Waals surface area contributed by atoms with Gasteiger partial charge >= 0.3 is 0 Å². The fourth-order valence-electron chi connectivity index (χ4n) is 4.48. The van der Waals surface area contributed by atoms with Crippen molar-refractivity contribution < 1.29 is 8.42 Å². The smallest absolute Gasteiger partial charge is 0.268 e. The van der Waals surface area contributed by atoms with Crippen LogP contribution in [0.25, 0.3) is 10.9 Å². The molecule has 0 saturated heterocycles. The van der Waals surface area contributed by atoms with Gasteiger partial charge in [0.2, 0.25) is 0 Å². The second-order valence-corrected chi connectivity index (χ2v) is 9.76. The molecule has 0 saturated carbocycles. The van der Waals surface area contributed by atoms with Crippen LogP contribution < -0.4 is 0 Å². The predicted octanol–water partition coefficient (Wildman–Crippen LogP) is 4.83. The van der Waals surface area contributed by atoms with Gasteiger partial charge in [0.15, 0.2) is 0 Å². The molecule has 0 radical (unpaired) electrons. The van der Waals surface area contributed by atoms with E-state index in [2.05, 4.69) is 36.1 Å². The number of para-hydroxylation sites is 1. The second-order valence-electron chi connectivity index (χ2n) is 7.97. The first-order valence-corrected chi connectivity index (χ1v) is 11.7. The van der Waals surface area contributed by atoms with Gasteiger partial charge in [0, 0.05) is 36.6 Å². The largest absolute Gasteiger partial charge is 0.292 e. The van der Waals surface area contributed by atoms with E-state index < -0.39 is 10.0 Å². The van der Waals surface area contributed by atoms with Crippen molar-refractivity contribution in [3.8, 4) is 0 Å². The highest BCUT2D eigenvalue weighted by molar-refractivity contribution is 7.90. The third-order valence-corrected chi connectivity index (χ3v) is 7.79. The van der Waals surface area contributed by atoms with Crippen LogP contribution in [0.1, 0.15) is 23.7 Å². The van der Waals surface area contributed by atoms with Gasteiger partial charge in [0.25, 0.3) is 10.0 Å². The highest BCUT2D eigenvalue weighted by atomic mass is 32.2. The Kier molecular flexibility index (Phi) is 4.72. The van der Waals surface area contributed by atoms with Crippen molar-refractivity contribution in [3.05, 3.63) is 102 Å². The summed E-state index contributed by atoms with van der Waals surface area (Å²) in [6.45, 7) is 3.78. The fraction of sp³-hybridized carbons (Fsp3) is 0.200. The summed E-state index contributed by atoms with van der Waals surface area (Å²) in [4.78, 5) is 2.76. The summed E-state index contributed by atoms with van der Waals surface area (Å²) in [6, 6.07) is 27.3. The summed E-state index contributed by atoms with van der Waals surface area (Å²) in [6.07, 6.45) is 0.697. The molecule has 0 aliphatic carbocycles. The van der Waals surface area contributed by atoms with Crippen LogP contribution in [-0.2, 0) is 29.5 Å². The Bertz CT molecular complexity index is 1300. The summed E-state index contributed by atoms with van der Waals surface area (Å²) in [7, 11) is -3.67. The van der Waals surface area contributed by atoms with Crippen LogP contribution in [0.5, 0.6) is 0 Å². The molecule has 0 fully saturated rings. The summed E-state index contributed by atoms with van der Waals surface area (Å²) in [5.74, 6) is 0. The van der Waals surface area contributed by atoms with E-state index in [-0.39, 0.29) is 6.04 Å². The highest BCUT2D eigenvalue weighted by Crippen LogP contribution is 2.36. The van der Waals surface area contributed by atoms with Crippen LogP contribution in [-0.4, -0.2) is 23.3 Å². The lowest BCUT2D eigenvalue weighted by Crippen LogP contribution is -2.38. The minimum absolute atomic E-state index is 0.242. The summed E-state index contributed by atoms with van der Waals surface area (Å²) < 4.78 is 28.8. The molecule has 0 bridgehead atoms. The minimum atomic E-state index is -3.67. The molecule has 3 aromatic carbocycles. The topological polar surface area (TPSA) is 42.3 Å². The van der Waals surface area contributed by atoms with Crippen LogP contribution >= 0.6 is 0 Å². The Hall–Kier alpha value is -2.89. The number of fused-ring (bicyclic) bond motifs is 3. The van der Waals surface area contributed by atoms with Gasteiger partial charge < -0.3 is 0 Å². The normalized spacial score (nSPS) is 17.2. The van der Waals surface area contributed by atoms with Gasteiger partial charge in [-0.2, -0.15) is 0 Å². The van der Waals surface area contributed by atoms with Gasteiger partial charge in [0.05, 0.1) is 10.4 Å². The molecule has 30 heavy (non-hydrogen) atoms. The van der Waals surface area contributed by atoms with Gasteiger partial charge in [-0.05, 0) is 36.2 Å². The van der Waals surface area contributed by atoms with Crippen molar-refractivity contribution in [1.82, 2.24) is 8.87 Å². The lowest BCUT2D eigenvalue weighted by Gasteiger charge is -2.34. The quantitative estimate of drug-likeness (QED) is 0.479. The predicted molar refractivity (Wildman–Crippen MR) is 120 cm³/mol. The molecule has 1 aliphatic rings. The van der Waals surface area contributed by atoms with Crippen LogP contribution in [0, 0.1) is 0 Å². The molecule has 0 N–H and O–H groups in total. The molecule has 4 nitrogen and oxygen atoms in total. The fourth-order valence-corrected chi connectivity index (χ4v) is 6.09. The van der Waals surface area contributed by atoms with E-state index in [4.69, 9.17) is 0 Å². The summed E-state index contributed by atoms with van der Waals surface area (Å²) >= 11 is 0. The first-order valence-electron chi connectivity index (χ1n) is 10.3. The van der Waals surface area contributed by atoms with Crippen LogP contribution in [0.3, 0.4) is 0 Å². The number of nitrogens with zero attached hydrogens (tertiary/aromatic N) is 2. The zero-order valence-electron chi connectivity index (χ0n) is 16.9. The maximum Gasteiger partial charge on any atom is 0.268 e. The Balaban J connectivity index is 1.64. The third kappa shape index (κ3) is 3.15. The molecular weight excluding hydrogens is 392 g/mol. The third-order valence-electron chi connectivity index (χ3n) is 6.02. The van der Waals surface area contributed by atoms with Crippen molar-refractivity contribution in [2.75, 3.05) is 0 Å². The molecule has 0 spiro atoms. The number of hydrogen-bond acceptors (Lipinski definition) is 3. The molecule has 1 aliphatic heterocycles. The first kappa shape index (κ1) is 19.1. The van der Waals surface area contributed by atoms with E-state index in [0.717, 1.165) is 35.2 Å². The molecule has 1 aromatic heterocycles. The van der Waals surface area contributed by atoms with Crippen molar-refractivity contribution in [2.24, 2.45) is 0 Å². The minimum Gasteiger partial charge on any atom is -0.292 e. The monoisotopic (exact) mass is 416 g/mol. The van der Waals surface area contributed by atoms with E-state index in [1.54, 1.807) is 28.2 Å². The van der Waals surface area contributed by atoms with E-state index in [9.17, 15) is 8.42 Å². The molecule has 0 amide bonds. The van der Waals surface area contributed by atoms with E-state index >= 15 is 0 Å². The Labute approximate surface area is 177 Å². The van der Waals surface area contributed by atoms with Gasteiger partial charge in [-0.25, -0.2) is 12.4 Å². The van der Waals surface area contributed by atoms with Crippen molar-refractivity contribution in [1.29, 1.82) is 0 Å². The summed E-state index contributed by atoms with van der Waals surface area (Å²) in [5.41, 5.74) is 4.07. The molecule has 152 valence electrons. The van der Waals surface area contributed by atoms with Crippen LogP contribution in [0.2, 0.25) is 0 Å². The zero-order chi connectivity index (χ0) is 20.7. The van der Waals surface area contributed by atoms with Crippen molar-refractivity contribution in [2.45, 2.75) is 37.4 Å². The number of aromatic nitrogens is 1. The molecular formula is C25H24N2O2S. The molecule has 5 heteroatoms. The Morgan fingerprint density at radius 1 is 0.867 bits per heavy atom. The highest BCUT2D eigenvalue weighted by Gasteiger charge is 2.32. The average molecular weight is 417 g/mol. The SMILES string of the molecule is CC1Cc2c(c3ccccc3n2S(=O)(=O)c2ccccc2)CN1Cc1ccccc1. The molecule has 5 rings (SSSR count). The Morgan fingerprint density at radius 3 is 2.23 bits per heavy atom. The van der Waals surface area contributed by atoms with Crippen LogP contribution in [0.15, 0.2) is 89.8 Å². The van der Waals surface area contributed by atoms with Gasteiger partial charge in [0.1, 0.15) is 0 Å². The van der Waals surface area contributed by atoms with Gasteiger partial charge in [-0.1, -0.05) is 66.7 Å². The standard InChI is InChI=1S/C25H24N2O2S/c1-19-16-25-23(18-26(19)17-20-10-4-2-5-11-20)22-14-8-9-15-24(22)27(25)30(28,29)21-12-6-3-7-13-21/h2-15,19H,16-18H2,1H3. The van der Waals surface area contributed by atoms with Crippen LogP contribution in [0.4, 0.5) is 0 Å². The number of hydrogen-bond donors (Lipinski definition) is 0. The molecule has 4 aromatic rings. The maximum atomic E-state index is 13.6. The first-order chi connectivity index (χ1) is 14.6. The zero-order valence-corrected chi connectivity index (χ0v) is 17.7. The number of rotatable bonds is 4. The van der Waals surface area contributed by atoms with Crippen molar-refractivity contribution in [3.63, 3.8) is 0 Å². The van der Waals surface area contributed by atoms with E-state index in [1.807, 2.05) is 36.4 Å². The lowest BCUT2D eigenvalue weighted by atomic mass is 9.98. The van der Waals surface area contributed by atoms with E-state index in [0.29, 0.717) is 11.3 Å². The van der Waals surface area contributed by atoms with Gasteiger partial charge in [-0.15, -0.1) is 0 Å². The van der Waals surface area contributed by atoms with E-state index in [1.165, 1.54) is 5.56 Å². The summed E-state index contributed by atoms with van der Waals surface area (Å²) in [5, 5.41) is 1.02.